The summed E-state index contributed by atoms with van der Waals surface area (Å²) in [5.41, 5.74) is 0.269. The van der Waals surface area contributed by atoms with E-state index in [0.717, 1.165) is 59.0 Å². The summed E-state index contributed by atoms with van der Waals surface area (Å²) in [4.78, 5) is 0. The number of methoxy groups -OCH3 is 1. The molecule has 0 spiro atoms. The molecule has 1 saturated heterocycles. The van der Waals surface area contributed by atoms with Gasteiger partial charge in [0.15, 0.2) is 0 Å². The van der Waals surface area contributed by atoms with Crippen LogP contribution in [0.25, 0.3) is 0 Å². The Kier molecular flexibility index (Phi) is 7.82. The molecule has 0 aromatic heterocycles. The molecule has 108 valence electrons. The Bertz CT molecular complexity index is 203. The van der Waals surface area contributed by atoms with Gasteiger partial charge in [-0.15, -0.1) is 0 Å². The van der Waals surface area contributed by atoms with Crippen molar-refractivity contribution in [1.29, 1.82) is 0 Å². The molecule has 1 fully saturated rings. The Morgan fingerprint density at radius 3 is 2.78 bits per heavy atom. The maximum absolute atomic E-state index is 5.70. The largest absolute Gasteiger partial charge is 0.383 e. The molecule has 1 heterocycles. The Morgan fingerprint density at radius 1 is 1.33 bits per heavy atom. The van der Waals surface area contributed by atoms with Gasteiger partial charge >= 0.3 is 0 Å². The molecular formula is C14H29NO3. The minimum absolute atomic E-state index is 0.269. The number of rotatable bonds is 10. The van der Waals surface area contributed by atoms with Gasteiger partial charge in [0, 0.05) is 45.4 Å². The van der Waals surface area contributed by atoms with E-state index in [9.17, 15) is 0 Å². The molecule has 1 atom stereocenters. The van der Waals surface area contributed by atoms with Gasteiger partial charge in [-0.2, -0.15) is 0 Å². The van der Waals surface area contributed by atoms with Crippen molar-refractivity contribution in [2.24, 2.45) is 11.3 Å². The Balaban J connectivity index is 2.20. The van der Waals surface area contributed by atoms with Crippen LogP contribution in [0.4, 0.5) is 0 Å². The van der Waals surface area contributed by atoms with Crippen LogP contribution in [0.3, 0.4) is 0 Å². The maximum Gasteiger partial charge on any atom is 0.0587 e. The van der Waals surface area contributed by atoms with Crippen LogP contribution >= 0.6 is 0 Å². The number of nitrogens with one attached hydrogen (secondary N) is 1. The van der Waals surface area contributed by atoms with Crippen LogP contribution in [0.1, 0.15) is 26.7 Å². The molecule has 0 saturated carbocycles. The van der Waals surface area contributed by atoms with Crippen molar-refractivity contribution in [2.75, 3.05) is 53.2 Å². The summed E-state index contributed by atoms with van der Waals surface area (Å²) in [6, 6.07) is 0. The summed E-state index contributed by atoms with van der Waals surface area (Å²) in [6.07, 6.45) is 2.22. The van der Waals surface area contributed by atoms with Crippen LogP contribution in [0, 0.1) is 11.3 Å². The molecule has 0 aliphatic carbocycles. The smallest absolute Gasteiger partial charge is 0.0587 e. The standard InChI is InChI=1S/C14H29NO3/c1-13(2)10-17-7-4-14(5-8-18-12-14)11-15-6-9-16-3/h13,15H,4-12H2,1-3H3. The first-order valence-corrected chi connectivity index (χ1v) is 7.04. The lowest BCUT2D eigenvalue weighted by Gasteiger charge is -2.27. The molecule has 0 amide bonds. The van der Waals surface area contributed by atoms with Crippen molar-refractivity contribution in [1.82, 2.24) is 5.32 Å². The molecule has 4 heteroatoms. The summed E-state index contributed by atoms with van der Waals surface area (Å²) in [7, 11) is 1.73. The topological polar surface area (TPSA) is 39.7 Å². The SMILES string of the molecule is COCCNCC1(CCOCC(C)C)CCOC1. The zero-order valence-electron chi connectivity index (χ0n) is 12.2. The minimum atomic E-state index is 0.269. The second kappa shape index (κ2) is 8.86. The molecule has 0 radical (unpaired) electrons. The molecule has 4 nitrogen and oxygen atoms in total. The summed E-state index contributed by atoms with van der Waals surface area (Å²) in [5, 5.41) is 3.46. The van der Waals surface area contributed by atoms with Crippen LogP contribution in [-0.4, -0.2) is 53.2 Å². The zero-order valence-corrected chi connectivity index (χ0v) is 12.2. The van der Waals surface area contributed by atoms with E-state index >= 15 is 0 Å². The van der Waals surface area contributed by atoms with E-state index in [4.69, 9.17) is 14.2 Å². The van der Waals surface area contributed by atoms with Gasteiger partial charge in [0.05, 0.1) is 13.2 Å². The fourth-order valence-corrected chi connectivity index (χ4v) is 2.21. The van der Waals surface area contributed by atoms with Crippen molar-refractivity contribution in [3.05, 3.63) is 0 Å². The fraction of sp³-hybridized carbons (Fsp3) is 1.00. The molecular weight excluding hydrogens is 230 g/mol. The molecule has 1 aliphatic rings. The summed E-state index contributed by atoms with van der Waals surface area (Å²) >= 11 is 0. The lowest BCUT2D eigenvalue weighted by atomic mass is 9.84. The quantitative estimate of drug-likeness (QED) is 0.606. The van der Waals surface area contributed by atoms with Crippen molar-refractivity contribution in [3.8, 4) is 0 Å². The highest BCUT2D eigenvalue weighted by Crippen LogP contribution is 2.31. The van der Waals surface area contributed by atoms with Crippen LogP contribution < -0.4 is 5.32 Å². The molecule has 0 aromatic carbocycles. The van der Waals surface area contributed by atoms with E-state index in [1.807, 2.05) is 0 Å². The molecule has 1 aliphatic heterocycles. The third kappa shape index (κ3) is 6.14. The van der Waals surface area contributed by atoms with Crippen molar-refractivity contribution < 1.29 is 14.2 Å². The van der Waals surface area contributed by atoms with Crippen LogP contribution in [-0.2, 0) is 14.2 Å². The van der Waals surface area contributed by atoms with Crippen LogP contribution in [0.2, 0.25) is 0 Å². The highest BCUT2D eigenvalue weighted by atomic mass is 16.5. The Morgan fingerprint density at radius 2 is 2.17 bits per heavy atom. The third-order valence-corrected chi connectivity index (χ3v) is 3.40. The average Bonchev–Trinajstić information content (AvgIpc) is 2.80. The fourth-order valence-electron chi connectivity index (χ4n) is 2.21. The summed E-state index contributed by atoms with van der Waals surface area (Å²) in [5.74, 6) is 0.612. The van der Waals surface area contributed by atoms with Gasteiger partial charge in [-0.05, 0) is 18.8 Å². The highest BCUT2D eigenvalue weighted by molar-refractivity contribution is 4.85. The maximum atomic E-state index is 5.70. The predicted octanol–water partition coefficient (Wildman–Crippen LogP) is 1.69. The van der Waals surface area contributed by atoms with Crippen molar-refractivity contribution >= 4 is 0 Å². The summed E-state index contributed by atoms with van der Waals surface area (Å²) in [6.45, 7) is 10.5. The van der Waals surface area contributed by atoms with Gasteiger partial charge in [0.25, 0.3) is 0 Å². The van der Waals surface area contributed by atoms with Gasteiger partial charge in [0.2, 0.25) is 0 Å². The molecule has 1 rings (SSSR count). The van der Waals surface area contributed by atoms with Gasteiger partial charge in [-0.3, -0.25) is 0 Å². The van der Waals surface area contributed by atoms with Gasteiger partial charge in [-0.1, -0.05) is 13.8 Å². The zero-order chi connectivity index (χ0) is 13.3. The lowest BCUT2D eigenvalue weighted by molar-refractivity contribution is 0.0666. The second-order valence-electron chi connectivity index (χ2n) is 5.69. The molecule has 1 N–H and O–H groups in total. The third-order valence-electron chi connectivity index (χ3n) is 3.40. The monoisotopic (exact) mass is 259 g/mol. The van der Waals surface area contributed by atoms with E-state index in [-0.39, 0.29) is 5.41 Å². The van der Waals surface area contributed by atoms with Gasteiger partial charge in [0.1, 0.15) is 0 Å². The van der Waals surface area contributed by atoms with Crippen LogP contribution in [0.5, 0.6) is 0 Å². The highest BCUT2D eigenvalue weighted by Gasteiger charge is 2.34. The summed E-state index contributed by atoms with van der Waals surface area (Å²) < 4.78 is 16.3. The first-order chi connectivity index (χ1) is 8.68. The van der Waals surface area contributed by atoms with E-state index < -0.39 is 0 Å². The minimum Gasteiger partial charge on any atom is -0.383 e. The first-order valence-electron chi connectivity index (χ1n) is 7.04. The average molecular weight is 259 g/mol. The second-order valence-corrected chi connectivity index (χ2v) is 5.69. The normalized spacial score (nSPS) is 24.0. The van der Waals surface area contributed by atoms with E-state index in [0.29, 0.717) is 5.92 Å². The molecule has 1 unspecified atom stereocenters. The Hall–Kier alpha value is -0.160. The number of ether oxygens (including phenoxy) is 3. The van der Waals surface area contributed by atoms with Crippen molar-refractivity contribution in [2.45, 2.75) is 26.7 Å². The molecule has 0 aromatic rings. The Labute approximate surface area is 111 Å². The lowest BCUT2D eigenvalue weighted by Crippen LogP contribution is -2.37. The van der Waals surface area contributed by atoms with Crippen LogP contribution in [0.15, 0.2) is 0 Å². The number of hydrogen-bond donors (Lipinski definition) is 1. The van der Waals surface area contributed by atoms with E-state index in [2.05, 4.69) is 19.2 Å². The molecule has 18 heavy (non-hydrogen) atoms. The number of hydrogen-bond acceptors (Lipinski definition) is 4. The first kappa shape index (κ1) is 15.9. The predicted molar refractivity (Wildman–Crippen MR) is 72.9 cm³/mol. The van der Waals surface area contributed by atoms with E-state index in [1.165, 1.54) is 0 Å². The van der Waals surface area contributed by atoms with Crippen molar-refractivity contribution in [3.63, 3.8) is 0 Å². The van der Waals surface area contributed by atoms with E-state index in [1.54, 1.807) is 7.11 Å². The van der Waals surface area contributed by atoms with Gasteiger partial charge < -0.3 is 19.5 Å². The van der Waals surface area contributed by atoms with Gasteiger partial charge in [-0.25, -0.2) is 0 Å². The molecule has 0 bridgehead atoms.